The van der Waals surface area contributed by atoms with Crippen molar-refractivity contribution in [1.29, 1.82) is 0 Å². The Morgan fingerprint density at radius 3 is 2.74 bits per heavy atom. The van der Waals surface area contributed by atoms with Gasteiger partial charge in [0.2, 0.25) is 0 Å². The molecule has 178 valence electrons. The molecule has 7 nitrogen and oxygen atoms in total. The molecule has 5 rings (SSSR count). The van der Waals surface area contributed by atoms with E-state index in [1.165, 1.54) is 11.3 Å². The third-order valence-electron chi connectivity index (χ3n) is 5.81. The summed E-state index contributed by atoms with van der Waals surface area (Å²) < 4.78 is 19.3. The number of fused-ring (bicyclic) bond motifs is 2. The van der Waals surface area contributed by atoms with Gasteiger partial charge in [-0.1, -0.05) is 41.7 Å². The minimum atomic E-state index is -0.781. The summed E-state index contributed by atoms with van der Waals surface area (Å²) in [5, 5.41) is 1.83. The Morgan fingerprint density at radius 1 is 1.23 bits per heavy atom. The summed E-state index contributed by atoms with van der Waals surface area (Å²) in [4.78, 5) is 32.1. The van der Waals surface area contributed by atoms with Gasteiger partial charge in [0.15, 0.2) is 9.47 Å². The first-order valence-corrected chi connectivity index (χ1v) is 12.5. The molecule has 0 N–H and O–H groups in total. The maximum atomic E-state index is 13.8. The van der Waals surface area contributed by atoms with Gasteiger partial charge in [-0.2, -0.15) is 0 Å². The van der Waals surface area contributed by atoms with Gasteiger partial charge in [-0.15, -0.1) is 0 Å². The number of ether oxygens (including phenoxy) is 2. The Hall–Kier alpha value is -3.43. The first kappa shape index (κ1) is 23.3. The highest BCUT2D eigenvalue weighted by Crippen LogP contribution is 2.40. The van der Waals surface area contributed by atoms with Crippen molar-refractivity contribution in [3.05, 3.63) is 95.5 Å². The predicted molar refractivity (Wildman–Crippen MR) is 137 cm³/mol. The normalized spacial score (nSPS) is 15.8. The fourth-order valence-electron chi connectivity index (χ4n) is 4.34. The van der Waals surface area contributed by atoms with Crippen molar-refractivity contribution >= 4 is 50.1 Å². The predicted octanol–water partition coefficient (Wildman–Crippen LogP) is 4.32. The van der Waals surface area contributed by atoms with Crippen LogP contribution in [0.25, 0.3) is 16.8 Å². The summed E-state index contributed by atoms with van der Waals surface area (Å²) in [6, 6.07) is 14.4. The Bertz CT molecular complexity index is 1680. The molecule has 1 aliphatic rings. The van der Waals surface area contributed by atoms with E-state index in [9.17, 15) is 9.59 Å². The van der Waals surface area contributed by atoms with Gasteiger partial charge in [-0.05, 0) is 58.7 Å². The van der Waals surface area contributed by atoms with Crippen LogP contribution in [-0.2, 0) is 9.53 Å². The van der Waals surface area contributed by atoms with Gasteiger partial charge < -0.3 is 13.9 Å². The highest BCUT2D eigenvalue weighted by Gasteiger charge is 2.36. The van der Waals surface area contributed by atoms with Crippen LogP contribution in [0.5, 0.6) is 5.75 Å². The van der Waals surface area contributed by atoms with E-state index < -0.39 is 12.0 Å². The number of carbonyl (C=O) groups is 1. The Balaban J connectivity index is 1.86. The summed E-state index contributed by atoms with van der Waals surface area (Å²) in [6.07, 6.45) is 1.68. The van der Waals surface area contributed by atoms with E-state index in [2.05, 4.69) is 20.9 Å². The molecule has 2 aromatic heterocycles. The Morgan fingerprint density at radius 2 is 2.03 bits per heavy atom. The number of halogens is 1. The van der Waals surface area contributed by atoms with Crippen molar-refractivity contribution in [3.8, 4) is 5.75 Å². The average Bonchev–Trinajstić information content (AvgIpc) is 3.39. The van der Waals surface area contributed by atoms with Crippen LogP contribution < -0.4 is 19.6 Å². The number of thiazole rings is 1. The summed E-state index contributed by atoms with van der Waals surface area (Å²) >= 11 is 4.53. The number of carbonyl (C=O) groups excluding carboxylic acids is 1. The summed E-state index contributed by atoms with van der Waals surface area (Å²) in [5.74, 6) is 0.579. The van der Waals surface area contributed by atoms with Crippen molar-refractivity contribution in [2.75, 3.05) is 13.7 Å². The van der Waals surface area contributed by atoms with Gasteiger partial charge in [0.05, 0.1) is 29.5 Å². The topological polar surface area (TPSA) is 83.0 Å². The van der Waals surface area contributed by atoms with Crippen LogP contribution in [0.3, 0.4) is 0 Å². The largest absolute Gasteiger partial charge is 0.496 e. The second-order valence-electron chi connectivity index (χ2n) is 7.85. The minimum absolute atomic E-state index is 0.201. The first-order valence-electron chi connectivity index (χ1n) is 10.9. The van der Waals surface area contributed by atoms with E-state index in [0.717, 1.165) is 10.8 Å². The quantitative estimate of drug-likeness (QED) is 0.344. The zero-order valence-electron chi connectivity index (χ0n) is 19.2. The van der Waals surface area contributed by atoms with E-state index >= 15 is 0 Å². The maximum absolute atomic E-state index is 13.8. The van der Waals surface area contributed by atoms with Crippen LogP contribution >= 0.6 is 27.3 Å². The molecule has 0 radical (unpaired) electrons. The number of esters is 1. The maximum Gasteiger partial charge on any atom is 0.338 e. The molecule has 3 heterocycles. The molecule has 4 aromatic rings. The van der Waals surface area contributed by atoms with Gasteiger partial charge in [-0.25, -0.2) is 9.79 Å². The molecular weight excluding hydrogens is 532 g/mol. The zero-order chi connectivity index (χ0) is 24.7. The van der Waals surface area contributed by atoms with Crippen molar-refractivity contribution in [1.82, 2.24) is 4.57 Å². The van der Waals surface area contributed by atoms with Gasteiger partial charge in [-0.3, -0.25) is 9.36 Å². The van der Waals surface area contributed by atoms with Crippen LogP contribution in [0.15, 0.2) is 78.7 Å². The molecular formula is C26H21BrN2O5S. The molecule has 0 bridgehead atoms. The summed E-state index contributed by atoms with van der Waals surface area (Å²) in [6.45, 7) is 3.71. The molecule has 0 saturated carbocycles. The number of methoxy groups -OCH3 is 1. The van der Waals surface area contributed by atoms with Gasteiger partial charge in [0.25, 0.3) is 5.56 Å². The highest BCUT2D eigenvalue weighted by atomic mass is 79.9. The number of allylic oxidation sites excluding steroid dienone is 1. The van der Waals surface area contributed by atoms with Crippen LogP contribution in [-0.4, -0.2) is 24.3 Å². The number of rotatable bonds is 5. The molecule has 9 heteroatoms. The van der Waals surface area contributed by atoms with E-state index in [1.807, 2.05) is 36.4 Å². The number of benzene rings is 2. The van der Waals surface area contributed by atoms with Crippen molar-refractivity contribution in [3.63, 3.8) is 0 Å². The second kappa shape index (κ2) is 9.31. The third-order valence-corrected chi connectivity index (χ3v) is 7.22. The van der Waals surface area contributed by atoms with Crippen LogP contribution in [0.2, 0.25) is 0 Å². The van der Waals surface area contributed by atoms with E-state index in [1.54, 1.807) is 43.7 Å². The first-order chi connectivity index (χ1) is 16.9. The standard InChI is InChI=1S/C26H21BrN2O5S/c1-4-33-25(31)21-14(2)28-26-29(24(30)19(35-26)13-16-10-12-20(27)34-16)23(21)22-17-8-6-5-7-15(17)9-11-18(22)32-3/h5-13,23H,4H2,1-3H3. The van der Waals surface area contributed by atoms with Gasteiger partial charge >= 0.3 is 5.97 Å². The van der Waals surface area contributed by atoms with Crippen LogP contribution in [0.1, 0.15) is 31.2 Å². The van der Waals surface area contributed by atoms with E-state index in [4.69, 9.17) is 13.9 Å². The Labute approximate surface area is 212 Å². The fourth-order valence-corrected chi connectivity index (χ4v) is 5.68. The molecule has 1 aliphatic heterocycles. The lowest BCUT2D eigenvalue weighted by Crippen LogP contribution is -2.40. The molecule has 2 aromatic carbocycles. The fraction of sp³-hybridized carbons (Fsp3) is 0.192. The molecule has 0 aliphatic carbocycles. The molecule has 0 spiro atoms. The molecule has 0 fully saturated rings. The monoisotopic (exact) mass is 552 g/mol. The lowest BCUT2D eigenvalue weighted by molar-refractivity contribution is -0.139. The molecule has 1 atom stereocenters. The van der Waals surface area contributed by atoms with Crippen molar-refractivity contribution in [2.24, 2.45) is 4.99 Å². The van der Waals surface area contributed by atoms with Gasteiger partial charge in [0.1, 0.15) is 17.6 Å². The molecule has 0 saturated heterocycles. The SMILES string of the molecule is CCOC(=O)C1=C(C)N=c2sc(=Cc3ccc(Br)o3)c(=O)n2C1c1c(OC)ccc2ccccc12. The van der Waals surface area contributed by atoms with Crippen molar-refractivity contribution in [2.45, 2.75) is 19.9 Å². The van der Waals surface area contributed by atoms with E-state index in [0.29, 0.717) is 42.3 Å². The lowest BCUT2D eigenvalue weighted by atomic mass is 9.90. The minimum Gasteiger partial charge on any atom is -0.496 e. The number of nitrogens with zero attached hydrogens (tertiary/aromatic N) is 2. The average molecular weight is 553 g/mol. The van der Waals surface area contributed by atoms with Gasteiger partial charge in [0, 0.05) is 11.6 Å². The van der Waals surface area contributed by atoms with Crippen LogP contribution in [0.4, 0.5) is 0 Å². The Kier molecular flexibility index (Phi) is 6.21. The summed E-state index contributed by atoms with van der Waals surface area (Å²) in [7, 11) is 1.58. The molecule has 0 amide bonds. The summed E-state index contributed by atoms with van der Waals surface area (Å²) in [5.41, 5.74) is 1.23. The highest BCUT2D eigenvalue weighted by molar-refractivity contribution is 9.10. The number of hydrogen-bond acceptors (Lipinski definition) is 7. The zero-order valence-corrected chi connectivity index (χ0v) is 21.6. The lowest BCUT2D eigenvalue weighted by Gasteiger charge is -2.27. The van der Waals surface area contributed by atoms with E-state index in [-0.39, 0.29) is 12.2 Å². The van der Waals surface area contributed by atoms with Crippen LogP contribution in [0, 0.1) is 0 Å². The second-order valence-corrected chi connectivity index (χ2v) is 9.64. The third kappa shape index (κ3) is 4.04. The number of furan rings is 1. The molecule has 1 unspecified atom stereocenters. The number of hydrogen-bond donors (Lipinski definition) is 0. The molecule has 35 heavy (non-hydrogen) atoms. The number of aromatic nitrogens is 1. The van der Waals surface area contributed by atoms with Crippen molar-refractivity contribution < 1.29 is 18.7 Å². The smallest absolute Gasteiger partial charge is 0.338 e.